The van der Waals surface area contributed by atoms with Crippen LogP contribution in [0.2, 0.25) is 0 Å². The van der Waals surface area contributed by atoms with E-state index in [-0.39, 0.29) is 24.3 Å². The number of rotatable bonds is 16. The molecule has 234 valence electrons. The maximum absolute atomic E-state index is 13.0. The van der Waals surface area contributed by atoms with Gasteiger partial charge in [0, 0.05) is 6.42 Å². The third-order valence-corrected chi connectivity index (χ3v) is 6.55. The van der Waals surface area contributed by atoms with E-state index in [0.717, 1.165) is 15.9 Å². The summed E-state index contributed by atoms with van der Waals surface area (Å²) in [6, 6.07) is 12.9. The van der Waals surface area contributed by atoms with E-state index in [1.165, 1.54) is 6.92 Å². The Morgan fingerprint density at radius 1 is 0.909 bits per heavy atom. The molecular formula is C30H37N7O7. The molecule has 3 rings (SSSR count). The number of nitrogens with zero attached hydrogens (tertiary/aromatic N) is 4. The van der Waals surface area contributed by atoms with Crippen molar-refractivity contribution in [2.24, 2.45) is 5.92 Å². The summed E-state index contributed by atoms with van der Waals surface area (Å²) in [5.41, 5.74) is 2.01. The summed E-state index contributed by atoms with van der Waals surface area (Å²) >= 11 is 0. The SMILES string of the molecule is Cc1ccc(Oc2nnn(CC(=O)C(CC(=O)O)NC(=O)[C@H](C)NC(=O)[C@@H](NC(=O)CCc3ccccc3)C(C)C)n2)cc1. The van der Waals surface area contributed by atoms with Crippen molar-refractivity contribution >= 4 is 29.5 Å². The van der Waals surface area contributed by atoms with Crippen molar-refractivity contribution in [3.63, 3.8) is 0 Å². The number of nitrogens with one attached hydrogen (secondary N) is 3. The summed E-state index contributed by atoms with van der Waals surface area (Å²) in [5.74, 6) is -3.56. The summed E-state index contributed by atoms with van der Waals surface area (Å²) in [6.45, 7) is 6.32. The first-order valence-electron chi connectivity index (χ1n) is 14.1. The molecule has 0 fully saturated rings. The van der Waals surface area contributed by atoms with E-state index in [1.54, 1.807) is 26.0 Å². The van der Waals surface area contributed by atoms with Crippen molar-refractivity contribution in [3.05, 3.63) is 65.7 Å². The molecule has 44 heavy (non-hydrogen) atoms. The normalized spacial score (nSPS) is 12.9. The van der Waals surface area contributed by atoms with Crippen LogP contribution in [0.5, 0.6) is 11.8 Å². The van der Waals surface area contributed by atoms with Crippen LogP contribution in [0.25, 0.3) is 0 Å². The molecule has 0 spiro atoms. The molecule has 0 saturated carbocycles. The predicted octanol–water partition coefficient (Wildman–Crippen LogP) is 1.58. The molecule has 0 aliphatic carbocycles. The number of Topliss-reactive ketones (excluding diaryl/α,β-unsaturated/α-hetero) is 1. The van der Waals surface area contributed by atoms with Crippen molar-refractivity contribution in [1.29, 1.82) is 0 Å². The topological polar surface area (TPSA) is 194 Å². The Morgan fingerprint density at radius 2 is 1.59 bits per heavy atom. The number of ketones is 1. The number of aliphatic carboxylic acids is 1. The molecule has 14 nitrogen and oxygen atoms in total. The lowest BCUT2D eigenvalue weighted by Crippen LogP contribution is -2.56. The molecular weight excluding hydrogens is 570 g/mol. The van der Waals surface area contributed by atoms with Gasteiger partial charge in [0.2, 0.25) is 17.7 Å². The van der Waals surface area contributed by atoms with Gasteiger partial charge in [0.15, 0.2) is 5.78 Å². The van der Waals surface area contributed by atoms with Crippen LogP contribution >= 0.6 is 0 Å². The molecule has 0 bridgehead atoms. The number of hydrogen-bond donors (Lipinski definition) is 4. The smallest absolute Gasteiger partial charge is 0.361 e. The van der Waals surface area contributed by atoms with Crippen molar-refractivity contribution in [2.45, 2.75) is 71.6 Å². The molecule has 3 aromatic rings. The van der Waals surface area contributed by atoms with Gasteiger partial charge < -0.3 is 25.8 Å². The molecule has 1 aromatic heterocycles. The van der Waals surface area contributed by atoms with Gasteiger partial charge in [-0.1, -0.05) is 72.1 Å². The Labute approximate surface area is 254 Å². The largest absolute Gasteiger partial charge is 0.481 e. The van der Waals surface area contributed by atoms with Gasteiger partial charge in [-0.3, -0.25) is 24.0 Å². The molecule has 1 unspecified atom stereocenters. The van der Waals surface area contributed by atoms with Gasteiger partial charge in [-0.15, -0.1) is 0 Å². The zero-order valence-electron chi connectivity index (χ0n) is 25.0. The summed E-state index contributed by atoms with van der Waals surface area (Å²) in [7, 11) is 0. The fraction of sp³-hybridized carbons (Fsp3) is 0.400. The first-order valence-corrected chi connectivity index (χ1v) is 14.1. The molecule has 0 radical (unpaired) electrons. The Morgan fingerprint density at radius 3 is 2.23 bits per heavy atom. The third-order valence-electron chi connectivity index (χ3n) is 6.55. The average Bonchev–Trinajstić information content (AvgIpc) is 3.41. The van der Waals surface area contributed by atoms with Crippen LogP contribution in [0.3, 0.4) is 0 Å². The quantitative estimate of drug-likeness (QED) is 0.186. The zero-order chi connectivity index (χ0) is 32.2. The van der Waals surface area contributed by atoms with Gasteiger partial charge in [0.05, 0.1) is 6.42 Å². The van der Waals surface area contributed by atoms with Crippen LogP contribution in [-0.4, -0.2) is 72.9 Å². The van der Waals surface area contributed by atoms with Gasteiger partial charge in [0.25, 0.3) is 0 Å². The molecule has 0 aliphatic rings. The number of aromatic nitrogens is 4. The summed E-state index contributed by atoms with van der Waals surface area (Å²) in [5, 5.41) is 28.4. The molecule has 2 aromatic carbocycles. The monoisotopic (exact) mass is 607 g/mol. The minimum atomic E-state index is -1.44. The van der Waals surface area contributed by atoms with Crippen LogP contribution < -0.4 is 20.7 Å². The molecule has 1 heterocycles. The Balaban J connectivity index is 1.55. The number of tetrazole rings is 1. The number of carboxylic acids is 1. The number of ether oxygens (including phenoxy) is 1. The van der Waals surface area contributed by atoms with Gasteiger partial charge in [-0.05, 0) is 49.1 Å². The van der Waals surface area contributed by atoms with Gasteiger partial charge in [-0.2, -0.15) is 4.80 Å². The second-order valence-corrected chi connectivity index (χ2v) is 10.6. The van der Waals surface area contributed by atoms with E-state index >= 15 is 0 Å². The second-order valence-electron chi connectivity index (χ2n) is 10.6. The van der Waals surface area contributed by atoms with E-state index < -0.39 is 54.7 Å². The van der Waals surface area contributed by atoms with Crippen LogP contribution in [0.15, 0.2) is 54.6 Å². The number of carbonyl (C=O) groups is 5. The zero-order valence-corrected chi connectivity index (χ0v) is 25.0. The van der Waals surface area contributed by atoms with Crippen LogP contribution in [0, 0.1) is 12.8 Å². The highest BCUT2D eigenvalue weighted by molar-refractivity contribution is 5.95. The van der Waals surface area contributed by atoms with Crippen molar-refractivity contribution < 1.29 is 33.8 Å². The van der Waals surface area contributed by atoms with Crippen molar-refractivity contribution in [2.75, 3.05) is 0 Å². The first-order chi connectivity index (χ1) is 20.9. The number of carbonyl (C=O) groups excluding carboxylic acids is 4. The van der Waals surface area contributed by atoms with Crippen molar-refractivity contribution in [3.8, 4) is 11.8 Å². The van der Waals surface area contributed by atoms with Crippen LogP contribution in [-0.2, 0) is 36.9 Å². The molecule has 0 saturated heterocycles. The minimum Gasteiger partial charge on any atom is -0.481 e. The number of hydrogen-bond acceptors (Lipinski definition) is 9. The minimum absolute atomic E-state index is 0.122. The van der Waals surface area contributed by atoms with E-state index in [9.17, 15) is 29.1 Å². The molecule has 3 atom stereocenters. The van der Waals surface area contributed by atoms with Crippen LogP contribution in [0.4, 0.5) is 0 Å². The van der Waals surface area contributed by atoms with E-state index in [1.807, 2.05) is 49.4 Å². The average molecular weight is 608 g/mol. The maximum Gasteiger partial charge on any atom is 0.361 e. The molecule has 3 amide bonds. The standard InChI is InChI=1S/C30H37N7O7/c1-18(2)27(33-25(39)15-12-21-8-6-5-7-9-21)29(43)31-20(4)28(42)32-23(16-26(40)41)24(38)17-37-35-30(34-36-37)44-22-13-10-19(3)11-14-22/h5-11,13-14,18,20,23,27H,12,15-17H2,1-4H3,(H,31,43)(H,32,42)(H,33,39)(H,40,41)/t20-,23?,27-/m0/s1. The predicted molar refractivity (Wildman–Crippen MR) is 157 cm³/mol. The fourth-order valence-electron chi connectivity index (χ4n) is 4.07. The van der Waals surface area contributed by atoms with E-state index in [4.69, 9.17) is 4.74 Å². The van der Waals surface area contributed by atoms with Crippen molar-refractivity contribution in [1.82, 2.24) is 36.2 Å². The highest BCUT2D eigenvalue weighted by atomic mass is 16.5. The van der Waals surface area contributed by atoms with Gasteiger partial charge in [0.1, 0.15) is 30.4 Å². The Hall–Kier alpha value is -5.14. The number of carboxylic acid groups (broad SMARTS) is 1. The Bertz CT molecular complexity index is 1440. The summed E-state index contributed by atoms with van der Waals surface area (Å²) in [6.07, 6.45) is -0.0312. The first kappa shape index (κ1) is 33.4. The second kappa shape index (κ2) is 15.9. The molecule has 0 aliphatic heterocycles. The fourth-order valence-corrected chi connectivity index (χ4v) is 4.07. The third kappa shape index (κ3) is 10.6. The van der Waals surface area contributed by atoms with Gasteiger partial charge >= 0.3 is 12.0 Å². The van der Waals surface area contributed by atoms with Crippen LogP contribution in [0.1, 0.15) is 44.7 Å². The van der Waals surface area contributed by atoms with E-state index in [0.29, 0.717) is 12.2 Å². The number of benzene rings is 2. The highest BCUT2D eigenvalue weighted by Gasteiger charge is 2.30. The number of aryl methyl sites for hydroxylation is 2. The lowest BCUT2D eigenvalue weighted by molar-refractivity contribution is -0.140. The molecule has 14 heteroatoms. The highest BCUT2D eigenvalue weighted by Crippen LogP contribution is 2.17. The summed E-state index contributed by atoms with van der Waals surface area (Å²) < 4.78 is 5.50. The maximum atomic E-state index is 13.0. The number of amides is 3. The summed E-state index contributed by atoms with van der Waals surface area (Å²) in [4.78, 5) is 63.8. The van der Waals surface area contributed by atoms with E-state index in [2.05, 4.69) is 31.4 Å². The molecule has 4 N–H and O–H groups in total. The van der Waals surface area contributed by atoms with Gasteiger partial charge in [-0.25, -0.2) is 0 Å². The lowest BCUT2D eigenvalue weighted by Gasteiger charge is -2.25. The Kier molecular flexibility index (Phi) is 12.1. The lowest BCUT2D eigenvalue weighted by atomic mass is 10.0.